The predicted octanol–water partition coefficient (Wildman–Crippen LogP) is 2.63. The van der Waals surface area contributed by atoms with E-state index in [-0.39, 0.29) is 36.2 Å². The summed E-state index contributed by atoms with van der Waals surface area (Å²) in [6.45, 7) is 0.611. The number of benzene rings is 1. The fourth-order valence-corrected chi connectivity index (χ4v) is 3.80. The number of hydrogen-bond acceptors (Lipinski definition) is 4. The van der Waals surface area contributed by atoms with Crippen LogP contribution in [0.3, 0.4) is 0 Å². The van der Waals surface area contributed by atoms with E-state index in [2.05, 4.69) is 5.32 Å². The Balaban J connectivity index is 1.97. The van der Waals surface area contributed by atoms with Crippen molar-refractivity contribution in [1.29, 1.82) is 0 Å². The molecule has 2 rings (SSSR count). The Labute approximate surface area is 150 Å². The van der Waals surface area contributed by atoms with Gasteiger partial charge in [0.1, 0.15) is 5.75 Å². The van der Waals surface area contributed by atoms with Gasteiger partial charge >= 0.3 is 6.18 Å². The first-order valence-electron chi connectivity index (χ1n) is 8.19. The molecule has 1 heterocycles. The van der Waals surface area contributed by atoms with Crippen LogP contribution in [-0.4, -0.2) is 50.3 Å². The molecule has 0 saturated carbocycles. The summed E-state index contributed by atoms with van der Waals surface area (Å²) in [6, 6.07) is 5.89. The first kappa shape index (κ1) is 20.5. The summed E-state index contributed by atoms with van der Waals surface area (Å²) in [6.07, 6.45) is -3.76. The molecule has 0 spiro atoms. The van der Waals surface area contributed by atoms with Crippen LogP contribution in [0.5, 0.6) is 5.75 Å². The number of anilines is 1. The van der Waals surface area contributed by atoms with Crippen molar-refractivity contribution in [3.8, 4) is 5.75 Å². The van der Waals surface area contributed by atoms with Crippen LogP contribution in [-0.2, 0) is 14.8 Å². The lowest BCUT2D eigenvalue weighted by Crippen LogP contribution is -2.42. The Hall–Kier alpha value is -1.81. The number of amides is 1. The number of ether oxygens (including phenoxy) is 1. The number of carbonyl (C=O) groups excluding carboxylic acids is 1. The van der Waals surface area contributed by atoms with Crippen molar-refractivity contribution in [2.75, 3.05) is 30.8 Å². The van der Waals surface area contributed by atoms with Crippen LogP contribution in [0.15, 0.2) is 24.3 Å². The number of halogens is 3. The maximum absolute atomic E-state index is 12.4. The van der Waals surface area contributed by atoms with Crippen molar-refractivity contribution in [2.45, 2.75) is 25.9 Å². The Kier molecular flexibility index (Phi) is 6.51. The highest BCUT2D eigenvalue weighted by Gasteiger charge is 2.31. The molecule has 1 aliphatic rings. The molecule has 1 N–H and O–H groups in total. The van der Waals surface area contributed by atoms with Crippen LogP contribution in [0.1, 0.15) is 19.8 Å². The quantitative estimate of drug-likeness (QED) is 0.805. The number of sulfonamides is 1. The Morgan fingerprint density at radius 3 is 2.46 bits per heavy atom. The minimum Gasteiger partial charge on any atom is -0.482 e. The minimum atomic E-state index is -4.48. The number of carbonyl (C=O) groups is 1. The molecule has 1 aromatic rings. The lowest BCUT2D eigenvalue weighted by Gasteiger charge is -2.30. The average molecular weight is 394 g/mol. The zero-order valence-electron chi connectivity index (χ0n) is 14.3. The first-order chi connectivity index (χ1) is 12.1. The van der Waals surface area contributed by atoms with Crippen molar-refractivity contribution in [3.05, 3.63) is 24.3 Å². The van der Waals surface area contributed by atoms with Crippen LogP contribution in [0.4, 0.5) is 18.9 Å². The summed E-state index contributed by atoms with van der Waals surface area (Å²) in [5.74, 6) is -0.826. The fourth-order valence-electron chi connectivity index (χ4n) is 2.67. The molecule has 10 heteroatoms. The summed E-state index contributed by atoms with van der Waals surface area (Å²) < 4.78 is 66.7. The Morgan fingerprint density at radius 1 is 1.27 bits per heavy atom. The topological polar surface area (TPSA) is 75.7 Å². The monoisotopic (exact) mass is 394 g/mol. The van der Waals surface area contributed by atoms with Gasteiger partial charge in [-0.25, -0.2) is 12.7 Å². The highest BCUT2D eigenvalue weighted by atomic mass is 32.2. The maximum Gasteiger partial charge on any atom is 0.422 e. The molecule has 0 aliphatic carbocycles. The van der Waals surface area contributed by atoms with Gasteiger partial charge in [-0.2, -0.15) is 13.2 Å². The molecule has 0 aromatic heterocycles. The lowest BCUT2D eigenvalue weighted by atomic mass is 9.97. The second kappa shape index (κ2) is 8.26. The van der Waals surface area contributed by atoms with E-state index in [0.717, 1.165) is 0 Å². The van der Waals surface area contributed by atoms with Crippen LogP contribution in [0.2, 0.25) is 0 Å². The van der Waals surface area contributed by atoms with Crippen molar-refractivity contribution in [2.24, 2.45) is 5.92 Å². The zero-order valence-corrected chi connectivity index (χ0v) is 15.1. The minimum absolute atomic E-state index is 0.00772. The number of piperidine rings is 1. The second-order valence-corrected chi connectivity index (χ2v) is 8.22. The van der Waals surface area contributed by atoms with Gasteiger partial charge in [0.2, 0.25) is 15.9 Å². The van der Waals surface area contributed by atoms with Gasteiger partial charge in [-0.1, -0.05) is 12.1 Å². The van der Waals surface area contributed by atoms with Crippen molar-refractivity contribution >= 4 is 21.6 Å². The molecule has 26 heavy (non-hydrogen) atoms. The van der Waals surface area contributed by atoms with E-state index in [1.807, 2.05) is 0 Å². The van der Waals surface area contributed by atoms with Gasteiger partial charge in [-0.05, 0) is 31.9 Å². The summed E-state index contributed by atoms with van der Waals surface area (Å²) in [5.41, 5.74) is 0.158. The molecular weight excluding hydrogens is 373 g/mol. The number of para-hydroxylation sites is 2. The number of nitrogens with zero attached hydrogens (tertiary/aromatic N) is 1. The predicted molar refractivity (Wildman–Crippen MR) is 90.4 cm³/mol. The molecule has 1 amide bonds. The summed E-state index contributed by atoms with van der Waals surface area (Å²) in [5, 5.41) is 2.58. The van der Waals surface area contributed by atoms with Crippen molar-refractivity contribution in [1.82, 2.24) is 4.31 Å². The largest absolute Gasteiger partial charge is 0.482 e. The molecule has 1 aromatic carbocycles. The van der Waals surface area contributed by atoms with E-state index in [1.54, 1.807) is 13.0 Å². The van der Waals surface area contributed by atoms with E-state index in [0.29, 0.717) is 12.8 Å². The lowest BCUT2D eigenvalue weighted by molar-refractivity contribution is -0.153. The van der Waals surface area contributed by atoms with Crippen LogP contribution in [0, 0.1) is 5.92 Å². The third-order valence-electron chi connectivity index (χ3n) is 4.12. The standard InChI is InChI=1S/C16H21F3N2O4S/c1-2-26(23,24)21-9-7-12(8-10-21)15(22)20-13-5-3-4-6-14(13)25-11-16(17,18)19/h3-6,12H,2,7-11H2,1H3,(H,20,22). The zero-order chi connectivity index (χ0) is 19.4. The summed E-state index contributed by atoms with van der Waals surface area (Å²) in [7, 11) is -3.28. The van der Waals surface area contributed by atoms with Crippen LogP contribution >= 0.6 is 0 Å². The molecule has 0 unspecified atom stereocenters. The van der Waals surface area contributed by atoms with Gasteiger partial charge < -0.3 is 10.1 Å². The van der Waals surface area contributed by atoms with Gasteiger partial charge in [0.15, 0.2) is 6.61 Å². The second-order valence-electron chi connectivity index (χ2n) is 5.96. The molecule has 1 aliphatic heterocycles. The number of nitrogens with one attached hydrogen (secondary N) is 1. The third kappa shape index (κ3) is 5.60. The smallest absolute Gasteiger partial charge is 0.422 e. The molecule has 6 nitrogen and oxygen atoms in total. The molecule has 0 radical (unpaired) electrons. The SMILES string of the molecule is CCS(=O)(=O)N1CCC(C(=O)Nc2ccccc2OCC(F)(F)F)CC1. The van der Waals surface area contributed by atoms with Crippen molar-refractivity contribution < 1.29 is 31.1 Å². The number of hydrogen-bond donors (Lipinski definition) is 1. The molecular formula is C16H21F3N2O4S. The van der Waals surface area contributed by atoms with Gasteiger partial charge in [-0.3, -0.25) is 4.79 Å². The summed E-state index contributed by atoms with van der Waals surface area (Å²) >= 11 is 0. The van der Waals surface area contributed by atoms with Gasteiger partial charge in [0, 0.05) is 19.0 Å². The molecule has 1 saturated heterocycles. The van der Waals surface area contributed by atoms with E-state index in [9.17, 15) is 26.4 Å². The summed E-state index contributed by atoms with van der Waals surface area (Å²) in [4.78, 5) is 12.4. The molecule has 146 valence electrons. The van der Waals surface area contributed by atoms with Crippen molar-refractivity contribution in [3.63, 3.8) is 0 Å². The maximum atomic E-state index is 12.4. The number of alkyl halides is 3. The van der Waals surface area contributed by atoms with E-state index in [1.165, 1.54) is 22.5 Å². The average Bonchev–Trinajstić information content (AvgIpc) is 2.60. The normalized spacial score (nSPS) is 17.1. The molecule has 0 bridgehead atoms. The third-order valence-corrected chi connectivity index (χ3v) is 6.00. The molecule has 1 fully saturated rings. The molecule has 0 atom stereocenters. The highest BCUT2D eigenvalue weighted by Crippen LogP contribution is 2.28. The Bertz CT molecular complexity index is 729. The highest BCUT2D eigenvalue weighted by molar-refractivity contribution is 7.89. The first-order valence-corrected chi connectivity index (χ1v) is 9.80. The van der Waals surface area contributed by atoms with Gasteiger partial charge in [-0.15, -0.1) is 0 Å². The Morgan fingerprint density at radius 2 is 1.88 bits per heavy atom. The number of rotatable bonds is 6. The van der Waals surface area contributed by atoms with E-state index >= 15 is 0 Å². The van der Waals surface area contributed by atoms with Crippen LogP contribution in [0.25, 0.3) is 0 Å². The van der Waals surface area contributed by atoms with E-state index in [4.69, 9.17) is 4.74 Å². The fraction of sp³-hybridized carbons (Fsp3) is 0.562. The van der Waals surface area contributed by atoms with Crippen LogP contribution < -0.4 is 10.1 Å². The van der Waals surface area contributed by atoms with Gasteiger partial charge in [0.25, 0.3) is 0 Å². The van der Waals surface area contributed by atoms with Gasteiger partial charge in [0.05, 0.1) is 11.4 Å². The van der Waals surface area contributed by atoms with E-state index < -0.39 is 28.7 Å².